The summed E-state index contributed by atoms with van der Waals surface area (Å²) in [5.74, 6) is 1.45. The lowest BCUT2D eigenvalue weighted by Gasteiger charge is -2.17. The average Bonchev–Trinajstić information content (AvgIpc) is 2.26. The van der Waals surface area contributed by atoms with Gasteiger partial charge >= 0.3 is 0 Å². The maximum atomic E-state index is 5.93. The molecule has 0 aliphatic heterocycles. The standard InChI is InChI=1S/C14H24N2O/c1-11(2)12-5-7-14(8-6-12)17-10-13(15)9-16(3)4/h5-8,11,13H,9-10,15H2,1-4H3. The van der Waals surface area contributed by atoms with Crippen molar-refractivity contribution in [3.05, 3.63) is 29.8 Å². The first-order valence-electron chi connectivity index (χ1n) is 6.12. The molecular formula is C14H24N2O. The zero-order chi connectivity index (χ0) is 12.8. The van der Waals surface area contributed by atoms with Gasteiger partial charge in [-0.1, -0.05) is 26.0 Å². The number of hydrogen-bond acceptors (Lipinski definition) is 3. The van der Waals surface area contributed by atoms with Gasteiger partial charge in [0.25, 0.3) is 0 Å². The Labute approximate surface area is 105 Å². The van der Waals surface area contributed by atoms with Gasteiger partial charge in [0, 0.05) is 6.54 Å². The van der Waals surface area contributed by atoms with E-state index in [0.29, 0.717) is 12.5 Å². The van der Waals surface area contributed by atoms with Crippen molar-refractivity contribution in [2.45, 2.75) is 25.8 Å². The van der Waals surface area contributed by atoms with Gasteiger partial charge in [0.2, 0.25) is 0 Å². The second-order valence-electron chi connectivity index (χ2n) is 5.06. The molecule has 0 aliphatic rings. The Morgan fingerprint density at radius 1 is 1.18 bits per heavy atom. The van der Waals surface area contributed by atoms with E-state index in [2.05, 4.69) is 30.9 Å². The first kappa shape index (κ1) is 14.0. The predicted octanol–water partition coefficient (Wildman–Crippen LogP) is 2.08. The molecule has 0 aliphatic carbocycles. The average molecular weight is 236 g/mol. The fraction of sp³-hybridized carbons (Fsp3) is 0.571. The molecule has 0 saturated carbocycles. The highest BCUT2D eigenvalue weighted by Crippen LogP contribution is 2.18. The number of ether oxygens (including phenoxy) is 1. The van der Waals surface area contributed by atoms with Crippen LogP contribution in [0.2, 0.25) is 0 Å². The van der Waals surface area contributed by atoms with Crippen LogP contribution in [0.15, 0.2) is 24.3 Å². The Balaban J connectivity index is 2.42. The van der Waals surface area contributed by atoms with Crippen molar-refractivity contribution in [2.75, 3.05) is 27.2 Å². The molecule has 0 saturated heterocycles. The molecule has 1 aromatic rings. The molecule has 0 radical (unpaired) electrons. The molecule has 0 aromatic heterocycles. The van der Waals surface area contributed by atoms with Crippen LogP contribution in [0.5, 0.6) is 5.75 Å². The van der Waals surface area contributed by atoms with Crippen LogP contribution in [-0.4, -0.2) is 38.2 Å². The van der Waals surface area contributed by atoms with Crippen LogP contribution in [0.3, 0.4) is 0 Å². The second-order valence-corrected chi connectivity index (χ2v) is 5.06. The number of likely N-dealkylation sites (N-methyl/N-ethyl adjacent to an activating group) is 1. The molecule has 1 atom stereocenters. The van der Waals surface area contributed by atoms with Gasteiger partial charge in [-0.25, -0.2) is 0 Å². The highest BCUT2D eigenvalue weighted by Gasteiger charge is 2.05. The fourth-order valence-corrected chi connectivity index (χ4v) is 1.67. The van der Waals surface area contributed by atoms with E-state index in [9.17, 15) is 0 Å². The van der Waals surface area contributed by atoms with E-state index in [1.807, 2.05) is 26.2 Å². The largest absolute Gasteiger partial charge is 0.492 e. The van der Waals surface area contributed by atoms with Crippen molar-refractivity contribution in [1.82, 2.24) is 4.90 Å². The minimum Gasteiger partial charge on any atom is -0.492 e. The number of hydrogen-bond donors (Lipinski definition) is 1. The zero-order valence-electron chi connectivity index (χ0n) is 11.3. The van der Waals surface area contributed by atoms with Crippen LogP contribution >= 0.6 is 0 Å². The summed E-state index contributed by atoms with van der Waals surface area (Å²) in [6, 6.07) is 8.29. The molecule has 0 spiro atoms. The Morgan fingerprint density at radius 2 is 1.76 bits per heavy atom. The normalized spacial score (nSPS) is 13.1. The smallest absolute Gasteiger partial charge is 0.119 e. The molecule has 3 heteroatoms. The summed E-state index contributed by atoms with van der Waals surface area (Å²) < 4.78 is 5.65. The van der Waals surface area contributed by atoms with E-state index < -0.39 is 0 Å². The van der Waals surface area contributed by atoms with E-state index in [1.165, 1.54) is 5.56 Å². The Hall–Kier alpha value is -1.06. The number of nitrogens with zero attached hydrogens (tertiary/aromatic N) is 1. The van der Waals surface area contributed by atoms with Crippen molar-refractivity contribution in [3.63, 3.8) is 0 Å². The van der Waals surface area contributed by atoms with E-state index >= 15 is 0 Å². The second kappa shape index (κ2) is 6.62. The van der Waals surface area contributed by atoms with Crippen LogP contribution < -0.4 is 10.5 Å². The van der Waals surface area contributed by atoms with Gasteiger partial charge in [0.1, 0.15) is 12.4 Å². The van der Waals surface area contributed by atoms with E-state index in [1.54, 1.807) is 0 Å². The van der Waals surface area contributed by atoms with Crippen molar-refractivity contribution in [1.29, 1.82) is 0 Å². The summed E-state index contributed by atoms with van der Waals surface area (Å²) in [6.45, 7) is 5.76. The van der Waals surface area contributed by atoms with Gasteiger partial charge in [0.05, 0.1) is 6.04 Å². The lowest BCUT2D eigenvalue weighted by molar-refractivity contribution is 0.254. The summed E-state index contributed by atoms with van der Waals surface area (Å²) >= 11 is 0. The summed E-state index contributed by atoms with van der Waals surface area (Å²) in [5.41, 5.74) is 7.26. The van der Waals surface area contributed by atoms with Gasteiger partial charge in [0.15, 0.2) is 0 Å². The minimum absolute atomic E-state index is 0.0507. The Bertz CT molecular complexity index is 319. The van der Waals surface area contributed by atoms with Crippen LogP contribution in [0.1, 0.15) is 25.3 Å². The topological polar surface area (TPSA) is 38.5 Å². The molecule has 1 unspecified atom stereocenters. The quantitative estimate of drug-likeness (QED) is 0.822. The van der Waals surface area contributed by atoms with Gasteiger partial charge in [-0.05, 0) is 37.7 Å². The predicted molar refractivity (Wildman–Crippen MR) is 72.6 cm³/mol. The van der Waals surface area contributed by atoms with Gasteiger partial charge in [-0.2, -0.15) is 0 Å². The minimum atomic E-state index is 0.0507. The first-order chi connectivity index (χ1) is 7.99. The Morgan fingerprint density at radius 3 is 2.24 bits per heavy atom. The number of nitrogens with two attached hydrogens (primary N) is 1. The molecule has 2 N–H and O–H groups in total. The maximum Gasteiger partial charge on any atom is 0.119 e. The first-order valence-corrected chi connectivity index (χ1v) is 6.12. The summed E-state index contributed by atoms with van der Waals surface area (Å²) in [5, 5.41) is 0. The van der Waals surface area contributed by atoms with Gasteiger partial charge in [-0.3, -0.25) is 0 Å². The third kappa shape index (κ3) is 5.20. The third-order valence-electron chi connectivity index (χ3n) is 2.61. The van der Waals surface area contributed by atoms with E-state index in [-0.39, 0.29) is 6.04 Å². The molecular weight excluding hydrogens is 212 g/mol. The van der Waals surface area contributed by atoms with Crippen molar-refractivity contribution < 1.29 is 4.74 Å². The van der Waals surface area contributed by atoms with Crippen LogP contribution in [0.4, 0.5) is 0 Å². The maximum absolute atomic E-state index is 5.93. The number of benzene rings is 1. The lowest BCUT2D eigenvalue weighted by atomic mass is 10.0. The molecule has 1 aromatic carbocycles. The highest BCUT2D eigenvalue weighted by atomic mass is 16.5. The van der Waals surface area contributed by atoms with Crippen molar-refractivity contribution >= 4 is 0 Å². The fourth-order valence-electron chi connectivity index (χ4n) is 1.67. The summed E-state index contributed by atoms with van der Waals surface area (Å²) in [6.07, 6.45) is 0. The molecule has 0 amide bonds. The van der Waals surface area contributed by atoms with Crippen LogP contribution in [0, 0.1) is 0 Å². The molecule has 17 heavy (non-hydrogen) atoms. The van der Waals surface area contributed by atoms with Crippen molar-refractivity contribution in [2.24, 2.45) is 5.73 Å². The third-order valence-corrected chi connectivity index (χ3v) is 2.61. The molecule has 96 valence electrons. The molecule has 0 bridgehead atoms. The van der Waals surface area contributed by atoms with Gasteiger partial charge < -0.3 is 15.4 Å². The lowest BCUT2D eigenvalue weighted by Crippen LogP contribution is -2.37. The van der Waals surface area contributed by atoms with Gasteiger partial charge in [-0.15, -0.1) is 0 Å². The summed E-state index contributed by atoms with van der Waals surface area (Å²) in [4.78, 5) is 2.07. The van der Waals surface area contributed by atoms with E-state index in [4.69, 9.17) is 10.5 Å². The SMILES string of the molecule is CC(C)c1ccc(OCC(N)CN(C)C)cc1. The highest BCUT2D eigenvalue weighted by molar-refractivity contribution is 5.28. The zero-order valence-corrected chi connectivity index (χ0v) is 11.3. The molecule has 0 heterocycles. The van der Waals surface area contributed by atoms with E-state index in [0.717, 1.165) is 12.3 Å². The summed E-state index contributed by atoms with van der Waals surface area (Å²) in [7, 11) is 4.02. The van der Waals surface area contributed by atoms with Crippen molar-refractivity contribution in [3.8, 4) is 5.75 Å². The van der Waals surface area contributed by atoms with Crippen LogP contribution in [0.25, 0.3) is 0 Å². The monoisotopic (exact) mass is 236 g/mol. The number of rotatable bonds is 6. The molecule has 0 fully saturated rings. The molecule has 3 nitrogen and oxygen atoms in total. The van der Waals surface area contributed by atoms with Crippen LogP contribution in [-0.2, 0) is 0 Å². The molecule has 1 rings (SSSR count). The Kier molecular flexibility index (Phi) is 5.45.